The summed E-state index contributed by atoms with van der Waals surface area (Å²) in [6.45, 7) is 3.48. The molecule has 1 atom stereocenters. The lowest BCUT2D eigenvalue weighted by molar-refractivity contribution is -0.144. The van der Waals surface area contributed by atoms with Gasteiger partial charge in [0.05, 0.1) is 25.5 Å². The highest BCUT2D eigenvalue weighted by atomic mass is 19.1. The van der Waals surface area contributed by atoms with Gasteiger partial charge in [0.1, 0.15) is 5.82 Å². The van der Waals surface area contributed by atoms with Crippen LogP contribution < -0.4 is 5.32 Å². The molecule has 0 bridgehead atoms. The average molecular weight is 349 g/mol. The quantitative estimate of drug-likeness (QED) is 0.867. The third-order valence-corrected chi connectivity index (χ3v) is 4.29. The largest absolute Gasteiger partial charge is 0.379 e. The summed E-state index contributed by atoms with van der Waals surface area (Å²) in [7, 11) is 0. The summed E-state index contributed by atoms with van der Waals surface area (Å²) < 4.78 is 19.0. The maximum Gasteiger partial charge on any atom is 0.267 e. The molecule has 2 amide bonds. The molecule has 2 heterocycles. The number of oxime groups is 1. The fourth-order valence-electron chi connectivity index (χ4n) is 2.77. The number of morpholine rings is 1. The number of hydrogen-bond donors (Lipinski definition) is 1. The second-order valence-electron chi connectivity index (χ2n) is 6.19. The van der Waals surface area contributed by atoms with Gasteiger partial charge in [-0.2, -0.15) is 0 Å². The van der Waals surface area contributed by atoms with Crippen LogP contribution in [0.5, 0.6) is 0 Å². The number of carbonyl (C=O) groups is 2. The minimum atomic E-state index is -1.26. The Hall–Kier alpha value is -2.48. The van der Waals surface area contributed by atoms with Gasteiger partial charge in [-0.05, 0) is 13.0 Å². The molecule has 0 saturated carbocycles. The summed E-state index contributed by atoms with van der Waals surface area (Å²) in [5.41, 5.74) is -0.582. The molecule has 2 aliphatic rings. The summed E-state index contributed by atoms with van der Waals surface area (Å²) in [4.78, 5) is 31.4. The number of amides is 2. The number of ether oxygens (including phenoxy) is 1. The highest BCUT2D eigenvalue weighted by Gasteiger charge is 2.42. The van der Waals surface area contributed by atoms with Crippen molar-refractivity contribution in [3.8, 4) is 0 Å². The van der Waals surface area contributed by atoms with E-state index in [4.69, 9.17) is 9.57 Å². The second kappa shape index (κ2) is 7.18. The monoisotopic (exact) mass is 349 g/mol. The first-order chi connectivity index (χ1) is 12.0. The fraction of sp³-hybridized carbons (Fsp3) is 0.471. The normalized spacial score (nSPS) is 23.0. The highest BCUT2D eigenvalue weighted by molar-refractivity contribution is 6.05. The zero-order chi connectivity index (χ0) is 17.9. The van der Waals surface area contributed by atoms with E-state index in [2.05, 4.69) is 10.5 Å². The molecule has 1 aromatic carbocycles. The van der Waals surface area contributed by atoms with Gasteiger partial charge >= 0.3 is 0 Å². The number of nitrogens with zero attached hydrogens (tertiary/aromatic N) is 2. The third-order valence-electron chi connectivity index (χ3n) is 4.29. The Bertz CT molecular complexity index is 703. The zero-order valence-corrected chi connectivity index (χ0v) is 14.0. The lowest BCUT2D eigenvalue weighted by atomic mass is 9.95. The van der Waals surface area contributed by atoms with E-state index < -0.39 is 17.3 Å². The van der Waals surface area contributed by atoms with Gasteiger partial charge in [0.25, 0.3) is 5.91 Å². The standard InChI is InChI=1S/C17H20FN3O4/c1-17(10-14(20-25-17)12-4-2-3-5-13(12)18)16(23)19-11-15(22)21-6-8-24-9-7-21/h2-5H,6-11H2,1H3,(H,19,23)/t17-/m0/s1. The van der Waals surface area contributed by atoms with Crippen LogP contribution in [0.25, 0.3) is 0 Å². The lowest BCUT2D eigenvalue weighted by Gasteiger charge is -2.27. The Morgan fingerprint density at radius 1 is 1.32 bits per heavy atom. The first kappa shape index (κ1) is 17.3. The average Bonchev–Trinajstić information content (AvgIpc) is 3.04. The van der Waals surface area contributed by atoms with E-state index >= 15 is 0 Å². The Labute approximate surface area is 144 Å². The van der Waals surface area contributed by atoms with Crippen molar-refractivity contribution >= 4 is 17.5 Å². The molecule has 0 radical (unpaired) electrons. The molecule has 0 aliphatic carbocycles. The van der Waals surface area contributed by atoms with Crippen molar-refractivity contribution in [3.63, 3.8) is 0 Å². The fourth-order valence-corrected chi connectivity index (χ4v) is 2.77. The Balaban J connectivity index is 1.56. The maximum atomic E-state index is 13.9. The van der Waals surface area contributed by atoms with Gasteiger partial charge in [0, 0.05) is 25.1 Å². The maximum absolute atomic E-state index is 13.9. The number of rotatable bonds is 4. The van der Waals surface area contributed by atoms with Crippen LogP contribution in [0, 0.1) is 5.82 Å². The van der Waals surface area contributed by atoms with E-state index in [9.17, 15) is 14.0 Å². The zero-order valence-electron chi connectivity index (χ0n) is 14.0. The topological polar surface area (TPSA) is 80.2 Å². The van der Waals surface area contributed by atoms with Crippen LogP contribution in [0.3, 0.4) is 0 Å². The van der Waals surface area contributed by atoms with Crippen molar-refractivity contribution in [3.05, 3.63) is 35.6 Å². The number of hydrogen-bond acceptors (Lipinski definition) is 5. The summed E-state index contributed by atoms with van der Waals surface area (Å²) >= 11 is 0. The summed E-state index contributed by atoms with van der Waals surface area (Å²) in [5.74, 6) is -1.05. The molecule has 1 saturated heterocycles. The van der Waals surface area contributed by atoms with Crippen LogP contribution in [-0.2, 0) is 19.2 Å². The van der Waals surface area contributed by atoms with E-state index in [-0.39, 0.29) is 18.9 Å². The lowest BCUT2D eigenvalue weighted by Crippen LogP contribution is -2.50. The van der Waals surface area contributed by atoms with Crippen LogP contribution in [-0.4, -0.2) is 60.9 Å². The van der Waals surface area contributed by atoms with Crippen molar-refractivity contribution in [1.82, 2.24) is 10.2 Å². The number of nitrogens with one attached hydrogen (secondary N) is 1. The molecule has 8 heteroatoms. The summed E-state index contributed by atoms with van der Waals surface area (Å²) in [6.07, 6.45) is 0.130. The second-order valence-corrected chi connectivity index (χ2v) is 6.19. The first-order valence-corrected chi connectivity index (χ1v) is 8.13. The van der Waals surface area contributed by atoms with Gasteiger partial charge in [-0.25, -0.2) is 4.39 Å². The predicted molar refractivity (Wildman–Crippen MR) is 87.5 cm³/mol. The molecule has 2 aliphatic heterocycles. The number of benzene rings is 1. The van der Waals surface area contributed by atoms with Crippen LogP contribution in [0.1, 0.15) is 18.9 Å². The summed E-state index contributed by atoms with van der Waals surface area (Å²) in [6, 6.07) is 6.19. The summed E-state index contributed by atoms with van der Waals surface area (Å²) in [5, 5.41) is 6.45. The van der Waals surface area contributed by atoms with Crippen molar-refractivity contribution < 1.29 is 23.6 Å². The van der Waals surface area contributed by atoms with E-state index in [1.165, 1.54) is 6.07 Å². The Morgan fingerprint density at radius 2 is 2.04 bits per heavy atom. The first-order valence-electron chi connectivity index (χ1n) is 8.13. The van der Waals surface area contributed by atoms with E-state index in [1.54, 1.807) is 30.0 Å². The molecular weight excluding hydrogens is 329 g/mol. The van der Waals surface area contributed by atoms with Crippen molar-refractivity contribution in [2.75, 3.05) is 32.8 Å². The van der Waals surface area contributed by atoms with E-state index in [1.807, 2.05) is 0 Å². The van der Waals surface area contributed by atoms with Gasteiger partial charge in [-0.1, -0.05) is 23.4 Å². The van der Waals surface area contributed by atoms with Gasteiger partial charge in [0.15, 0.2) is 0 Å². The van der Waals surface area contributed by atoms with E-state index in [0.717, 1.165) is 0 Å². The van der Waals surface area contributed by atoms with Crippen molar-refractivity contribution in [2.45, 2.75) is 18.9 Å². The van der Waals surface area contributed by atoms with Gasteiger partial charge in [0.2, 0.25) is 11.5 Å². The third kappa shape index (κ3) is 3.79. The Kier molecular flexibility index (Phi) is 4.98. The van der Waals surface area contributed by atoms with Crippen LogP contribution in [0.4, 0.5) is 4.39 Å². The molecule has 3 rings (SSSR count). The molecule has 1 aromatic rings. The Morgan fingerprint density at radius 3 is 2.76 bits per heavy atom. The molecule has 134 valence electrons. The van der Waals surface area contributed by atoms with E-state index in [0.29, 0.717) is 37.6 Å². The van der Waals surface area contributed by atoms with Gasteiger partial charge in [-0.15, -0.1) is 0 Å². The molecular formula is C17H20FN3O4. The highest BCUT2D eigenvalue weighted by Crippen LogP contribution is 2.27. The van der Waals surface area contributed by atoms with Crippen LogP contribution in [0.2, 0.25) is 0 Å². The van der Waals surface area contributed by atoms with Crippen LogP contribution >= 0.6 is 0 Å². The molecule has 0 unspecified atom stereocenters. The molecule has 1 N–H and O–H groups in total. The predicted octanol–water partition coefficient (Wildman–Crippen LogP) is 0.684. The minimum Gasteiger partial charge on any atom is -0.379 e. The smallest absolute Gasteiger partial charge is 0.267 e. The molecule has 25 heavy (non-hydrogen) atoms. The van der Waals surface area contributed by atoms with Gasteiger partial charge < -0.3 is 19.8 Å². The van der Waals surface area contributed by atoms with Crippen molar-refractivity contribution in [2.24, 2.45) is 5.16 Å². The number of halogens is 1. The molecule has 0 aromatic heterocycles. The van der Waals surface area contributed by atoms with Gasteiger partial charge in [-0.3, -0.25) is 9.59 Å². The molecule has 7 nitrogen and oxygen atoms in total. The van der Waals surface area contributed by atoms with Crippen LogP contribution in [0.15, 0.2) is 29.4 Å². The SMILES string of the molecule is C[C@@]1(C(=O)NCC(=O)N2CCOCC2)CC(c2ccccc2F)=NO1. The number of carbonyl (C=O) groups excluding carboxylic acids is 2. The molecule has 0 spiro atoms. The molecule has 1 fully saturated rings. The van der Waals surface area contributed by atoms with Crippen molar-refractivity contribution in [1.29, 1.82) is 0 Å². The minimum absolute atomic E-state index is 0.118.